The largest absolute Gasteiger partial charge is 0.331 e. The lowest BCUT2D eigenvalue weighted by Gasteiger charge is -2.35. The van der Waals surface area contributed by atoms with Gasteiger partial charge in [-0.1, -0.05) is 0 Å². The lowest BCUT2D eigenvalue weighted by molar-refractivity contribution is -0.134. The van der Waals surface area contributed by atoms with Crippen molar-refractivity contribution in [3.63, 3.8) is 0 Å². The van der Waals surface area contributed by atoms with Crippen LogP contribution in [0.15, 0.2) is 6.20 Å². The van der Waals surface area contributed by atoms with Crippen LogP contribution in [0.4, 0.5) is 0 Å². The van der Waals surface area contributed by atoms with Gasteiger partial charge in [0.05, 0.1) is 11.7 Å². The van der Waals surface area contributed by atoms with Gasteiger partial charge in [-0.25, -0.2) is 4.98 Å². The van der Waals surface area contributed by atoms with E-state index in [2.05, 4.69) is 42.3 Å². The SMILES string of the molecule is CC(C)N(C)Cc1cnc2n1CCN(C(=O)CC1CC1)[C@H]2C. The number of hydrogen-bond acceptors (Lipinski definition) is 3. The van der Waals surface area contributed by atoms with E-state index in [-0.39, 0.29) is 6.04 Å². The number of fused-ring (bicyclic) bond motifs is 1. The molecule has 0 spiro atoms. The molecule has 1 aromatic heterocycles. The van der Waals surface area contributed by atoms with Crippen LogP contribution in [0.3, 0.4) is 0 Å². The van der Waals surface area contributed by atoms with Gasteiger partial charge >= 0.3 is 0 Å². The Bertz CT molecular complexity index is 547. The van der Waals surface area contributed by atoms with Gasteiger partial charge in [-0.2, -0.15) is 0 Å². The molecule has 5 heteroatoms. The maximum atomic E-state index is 12.4. The average Bonchev–Trinajstić information content (AvgIpc) is 3.18. The zero-order valence-corrected chi connectivity index (χ0v) is 14.2. The van der Waals surface area contributed by atoms with Gasteiger partial charge in [-0.3, -0.25) is 9.69 Å². The van der Waals surface area contributed by atoms with Gasteiger partial charge in [0.25, 0.3) is 0 Å². The third-order valence-corrected chi connectivity index (χ3v) is 5.15. The first-order valence-corrected chi connectivity index (χ1v) is 8.51. The molecule has 0 aromatic carbocycles. The minimum Gasteiger partial charge on any atom is -0.331 e. The van der Waals surface area contributed by atoms with Crippen LogP contribution in [0.2, 0.25) is 0 Å². The molecule has 1 aliphatic heterocycles. The van der Waals surface area contributed by atoms with Crippen molar-refractivity contribution in [2.24, 2.45) is 5.92 Å². The van der Waals surface area contributed by atoms with Crippen molar-refractivity contribution in [3.05, 3.63) is 17.7 Å². The zero-order chi connectivity index (χ0) is 15.9. The van der Waals surface area contributed by atoms with Crippen molar-refractivity contribution < 1.29 is 4.79 Å². The maximum absolute atomic E-state index is 12.4. The summed E-state index contributed by atoms with van der Waals surface area (Å²) in [5.41, 5.74) is 1.26. The Morgan fingerprint density at radius 1 is 1.41 bits per heavy atom. The summed E-state index contributed by atoms with van der Waals surface area (Å²) in [6.07, 6.45) is 5.18. The molecular weight excluding hydrogens is 276 g/mol. The van der Waals surface area contributed by atoms with Crippen LogP contribution in [-0.4, -0.2) is 44.9 Å². The Labute approximate surface area is 133 Å². The van der Waals surface area contributed by atoms with Crippen molar-refractivity contribution in [2.45, 2.75) is 65.2 Å². The maximum Gasteiger partial charge on any atom is 0.223 e. The van der Waals surface area contributed by atoms with Crippen LogP contribution >= 0.6 is 0 Å². The monoisotopic (exact) mass is 304 g/mol. The Morgan fingerprint density at radius 3 is 2.77 bits per heavy atom. The van der Waals surface area contributed by atoms with E-state index in [1.165, 1.54) is 18.5 Å². The minimum atomic E-state index is 0.0955. The predicted octanol–water partition coefficient (Wildman–Crippen LogP) is 2.43. The van der Waals surface area contributed by atoms with Gasteiger partial charge < -0.3 is 9.47 Å². The Balaban J connectivity index is 1.72. The number of imidazole rings is 1. The molecule has 1 amide bonds. The highest BCUT2D eigenvalue weighted by Crippen LogP contribution is 2.35. The molecule has 1 aromatic rings. The molecule has 1 saturated carbocycles. The van der Waals surface area contributed by atoms with E-state index in [0.29, 0.717) is 17.9 Å². The van der Waals surface area contributed by atoms with Crippen LogP contribution in [0.25, 0.3) is 0 Å². The van der Waals surface area contributed by atoms with Crippen LogP contribution in [0.1, 0.15) is 57.6 Å². The standard InChI is InChI=1S/C17H28N4O/c1-12(2)19(4)11-15-10-18-17-13(3)20(7-8-21(15)17)16(22)9-14-5-6-14/h10,12-14H,5-9,11H2,1-4H3/t13-/m0/s1. The molecule has 2 heterocycles. The van der Waals surface area contributed by atoms with E-state index < -0.39 is 0 Å². The van der Waals surface area contributed by atoms with Crippen LogP contribution in [0.5, 0.6) is 0 Å². The quantitative estimate of drug-likeness (QED) is 0.839. The van der Waals surface area contributed by atoms with Crippen molar-refractivity contribution in [3.8, 4) is 0 Å². The summed E-state index contributed by atoms with van der Waals surface area (Å²) in [5.74, 6) is 2.00. The van der Waals surface area contributed by atoms with Crippen LogP contribution < -0.4 is 0 Å². The molecule has 1 aliphatic carbocycles. The lowest BCUT2D eigenvalue weighted by Crippen LogP contribution is -2.42. The number of amides is 1. The summed E-state index contributed by atoms with van der Waals surface area (Å²) in [6.45, 7) is 9.11. The normalized spacial score (nSPS) is 21.5. The van der Waals surface area contributed by atoms with E-state index in [1.807, 2.05) is 11.1 Å². The Morgan fingerprint density at radius 2 is 2.14 bits per heavy atom. The summed E-state index contributed by atoms with van der Waals surface area (Å²) in [5, 5.41) is 0. The molecule has 1 atom stereocenters. The predicted molar refractivity (Wildman–Crippen MR) is 86.3 cm³/mol. The number of carbonyl (C=O) groups excluding carboxylic acids is 1. The van der Waals surface area contributed by atoms with Gasteiger partial charge in [-0.05, 0) is 46.6 Å². The first kappa shape index (κ1) is 15.5. The third kappa shape index (κ3) is 3.05. The number of aromatic nitrogens is 2. The molecule has 0 bridgehead atoms. The topological polar surface area (TPSA) is 41.4 Å². The molecule has 0 unspecified atom stereocenters. The Hall–Kier alpha value is -1.36. The summed E-state index contributed by atoms with van der Waals surface area (Å²) in [6, 6.07) is 0.613. The lowest BCUT2D eigenvalue weighted by atomic mass is 10.1. The molecule has 0 radical (unpaired) electrons. The highest BCUT2D eigenvalue weighted by molar-refractivity contribution is 5.77. The van der Waals surface area contributed by atoms with Gasteiger partial charge in [0.1, 0.15) is 5.82 Å². The number of carbonyl (C=O) groups is 1. The van der Waals surface area contributed by atoms with Gasteiger partial charge in [0.15, 0.2) is 0 Å². The molecule has 5 nitrogen and oxygen atoms in total. The molecule has 0 saturated heterocycles. The fourth-order valence-electron chi connectivity index (χ4n) is 3.15. The molecule has 122 valence electrons. The molecule has 3 rings (SSSR count). The van der Waals surface area contributed by atoms with E-state index in [9.17, 15) is 4.79 Å². The molecule has 2 aliphatic rings. The number of nitrogens with zero attached hydrogens (tertiary/aromatic N) is 4. The van der Waals surface area contributed by atoms with Crippen molar-refractivity contribution in [1.82, 2.24) is 19.4 Å². The summed E-state index contributed by atoms with van der Waals surface area (Å²) >= 11 is 0. The second-order valence-corrected chi connectivity index (χ2v) is 7.18. The molecular formula is C17H28N4O. The minimum absolute atomic E-state index is 0.0955. The highest BCUT2D eigenvalue weighted by Gasteiger charge is 2.33. The van der Waals surface area contributed by atoms with Gasteiger partial charge in [0.2, 0.25) is 5.91 Å². The van der Waals surface area contributed by atoms with Crippen LogP contribution in [0, 0.1) is 5.92 Å². The fourth-order valence-corrected chi connectivity index (χ4v) is 3.15. The van der Waals surface area contributed by atoms with Crippen molar-refractivity contribution in [1.29, 1.82) is 0 Å². The van der Waals surface area contributed by atoms with E-state index in [0.717, 1.165) is 31.9 Å². The summed E-state index contributed by atoms with van der Waals surface area (Å²) in [4.78, 5) is 21.4. The number of hydrogen-bond donors (Lipinski definition) is 0. The van der Waals surface area contributed by atoms with E-state index in [1.54, 1.807) is 0 Å². The summed E-state index contributed by atoms with van der Waals surface area (Å²) in [7, 11) is 2.14. The van der Waals surface area contributed by atoms with Gasteiger partial charge in [-0.15, -0.1) is 0 Å². The second-order valence-electron chi connectivity index (χ2n) is 7.18. The fraction of sp³-hybridized carbons (Fsp3) is 0.765. The van der Waals surface area contributed by atoms with Crippen molar-refractivity contribution in [2.75, 3.05) is 13.6 Å². The first-order valence-electron chi connectivity index (χ1n) is 8.51. The van der Waals surface area contributed by atoms with Crippen LogP contribution in [-0.2, 0) is 17.9 Å². The van der Waals surface area contributed by atoms with E-state index in [4.69, 9.17) is 0 Å². The third-order valence-electron chi connectivity index (χ3n) is 5.15. The number of rotatable bonds is 5. The first-order chi connectivity index (χ1) is 10.5. The average molecular weight is 304 g/mol. The highest BCUT2D eigenvalue weighted by atomic mass is 16.2. The molecule has 22 heavy (non-hydrogen) atoms. The van der Waals surface area contributed by atoms with Crippen molar-refractivity contribution >= 4 is 5.91 Å². The second kappa shape index (κ2) is 6.03. The Kier molecular flexibility index (Phi) is 4.26. The van der Waals surface area contributed by atoms with E-state index >= 15 is 0 Å². The molecule has 0 N–H and O–H groups in total. The molecule has 1 fully saturated rings. The van der Waals surface area contributed by atoms with Gasteiger partial charge in [0, 0.05) is 38.3 Å². The summed E-state index contributed by atoms with van der Waals surface area (Å²) < 4.78 is 2.31. The zero-order valence-electron chi connectivity index (χ0n) is 14.2. The smallest absolute Gasteiger partial charge is 0.223 e.